The average molecular weight is 234 g/mol. The van der Waals surface area contributed by atoms with Crippen molar-refractivity contribution in [3.05, 3.63) is 24.0 Å². The van der Waals surface area contributed by atoms with E-state index in [1.54, 1.807) is 0 Å². The van der Waals surface area contributed by atoms with Gasteiger partial charge in [0.1, 0.15) is 0 Å². The second-order valence-electron chi connectivity index (χ2n) is 4.74. The van der Waals surface area contributed by atoms with Crippen LogP contribution in [0.5, 0.6) is 0 Å². The number of nitrogens with one attached hydrogen (secondary N) is 2. The number of aryl methyl sites for hydroxylation is 1. The molecule has 0 saturated heterocycles. The molecule has 94 valence electrons. The summed E-state index contributed by atoms with van der Waals surface area (Å²) in [6, 6.07) is 2.73. The van der Waals surface area contributed by atoms with E-state index in [2.05, 4.69) is 38.7 Å². The summed E-state index contributed by atoms with van der Waals surface area (Å²) in [4.78, 5) is 4.26. The third-order valence-electron chi connectivity index (χ3n) is 3.27. The minimum absolute atomic E-state index is 0.608. The fourth-order valence-corrected chi connectivity index (χ4v) is 2.31. The molecule has 0 aromatic carbocycles. The molecule has 17 heavy (non-hydrogen) atoms. The van der Waals surface area contributed by atoms with Crippen molar-refractivity contribution in [3.63, 3.8) is 0 Å². The molecule has 2 rings (SSSR count). The fourth-order valence-electron chi connectivity index (χ4n) is 2.31. The van der Waals surface area contributed by atoms with E-state index in [1.165, 1.54) is 31.2 Å². The Hall–Kier alpha value is -1.45. The van der Waals surface area contributed by atoms with Crippen molar-refractivity contribution in [2.24, 2.45) is 12.0 Å². The van der Waals surface area contributed by atoms with E-state index >= 15 is 0 Å². The van der Waals surface area contributed by atoms with E-state index in [0.29, 0.717) is 6.04 Å². The Morgan fingerprint density at radius 3 is 2.82 bits per heavy atom. The van der Waals surface area contributed by atoms with E-state index < -0.39 is 0 Å². The van der Waals surface area contributed by atoms with Crippen molar-refractivity contribution in [2.45, 2.75) is 38.3 Å². The van der Waals surface area contributed by atoms with Crippen molar-refractivity contribution in [1.82, 2.24) is 15.2 Å². The zero-order valence-electron chi connectivity index (χ0n) is 10.7. The van der Waals surface area contributed by atoms with Gasteiger partial charge in [-0.25, -0.2) is 0 Å². The molecule has 1 aliphatic rings. The Morgan fingerprint density at radius 2 is 2.24 bits per heavy atom. The maximum absolute atomic E-state index is 4.26. The molecule has 2 N–H and O–H groups in total. The molecule has 0 radical (unpaired) electrons. The highest BCUT2D eigenvalue weighted by Gasteiger charge is 2.15. The summed E-state index contributed by atoms with van der Waals surface area (Å²) in [5.41, 5.74) is 1.28. The molecule has 4 nitrogen and oxygen atoms in total. The Kier molecular flexibility index (Phi) is 4.07. The highest BCUT2D eigenvalue weighted by atomic mass is 15.2. The van der Waals surface area contributed by atoms with Gasteiger partial charge in [0, 0.05) is 39.1 Å². The van der Waals surface area contributed by atoms with Gasteiger partial charge in [-0.05, 0) is 24.5 Å². The predicted molar refractivity (Wildman–Crippen MR) is 71.0 cm³/mol. The van der Waals surface area contributed by atoms with Gasteiger partial charge in [0.2, 0.25) is 0 Å². The van der Waals surface area contributed by atoms with E-state index in [-0.39, 0.29) is 0 Å². The van der Waals surface area contributed by atoms with E-state index in [1.807, 2.05) is 14.1 Å². The van der Waals surface area contributed by atoms with Gasteiger partial charge in [0.05, 0.1) is 0 Å². The number of hydrogen-bond acceptors (Lipinski definition) is 1. The van der Waals surface area contributed by atoms with E-state index in [4.69, 9.17) is 0 Å². The number of rotatable bonds is 3. The smallest absolute Gasteiger partial charge is 0.191 e. The Morgan fingerprint density at radius 1 is 1.47 bits per heavy atom. The van der Waals surface area contributed by atoms with Crippen LogP contribution in [-0.4, -0.2) is 23.6 Å². The van der Waals surface area contributed by atoms with Crippen molar-refractivity contribution in [3.8, 4) is 0 Å². The molecule has 1 aromatic rings. The molecule has 0 amide bonds. The van der Waals surface area contributed by atoms with Crippen LogP contribution in [0.2, 0.25) is 0 Å². The molecule has 0 atom stereocenters. The molecule has 0 spiro atoms. The third kappa shape index (κ3) is 3.51. The van der Waals surface area contributed by atoms with Crippen molar-refractivity contribution < 1.29 is 0 Å². The standard InChI is InChI=1S/C13H22N4/c1-14-13(16-12-5-3-4-6-12)15-9-11-7-8-17(2)10-11/h7-8,10,12H,3-6,9H2,1-2H3,(H2,14,15,16). The molecule has 1 aromatic heterocycles. The summed E-state index contributed by atoms with van der Waals surface area (Å²) in [6.07, 6.45) is 9.40. The van der Waals surface area contributed by atoms with Crippen LogP contribution in [0, 0.1) is 0 Å². The van der Waals surface area contributed by atoms with Gasteiger partial charge in [-0.1, -0.05) is 12.8 Å². The molecule has 0 aliphatic heterocycles. The second kappa shape index (κ2) is 5.75. The highest BCUT2D eigenvalue weighted by Crippen LogP contribution is 2.17. The lowest BCUT2D eigenvalue weighted by Gasteiger charge is -2.16. The normalized spacial score (nSPS) is 17.4. The molecular formula is C13H22N4. The number of nitrogens with zero attached hydrogens (tertiary/aromatic N) is 2. The van der Waals surface area contributed by atoms with Crippen LogP contribution >= 0.6 is 0 Å². The van der Waals surface area contributed by atoms with Gasteiger partial charge in [-0.15, -0.1) is 0 Å². The maximum atomic E-state index is 4.26. The molecular weight excluding hydrogens is 212 g/mol. The van der Waals surface area contributed by atoms with E-state index in [0.717, 1.165) is 12.5 Å². The Bertz CT molecular complexity index is 375. The molecule has 1 fully saturated rings. The monoisotopic (exact) mass is 234 g/mol. The third-order valence-corrected chi connectivity index (χ3v) is 3.27. The lowest BCUT2D eigenvalue weighted by Crippen LogP contribution is -2.41. The first-order chi connectivity index (χ1) is 8.28. The molecule has 1 aliphatic carbocycles. The number of aliphatic imine (C=N–C) groups is 1. The van der Waals surface area contributed by atoms with Crippen LogP contribution in [0.1, 0.15) is 31.2 Å². The minimum Gasteiger partial charge on any atom is -0.357 e. The summed E-state index contributed by atoms with van der Waals surface area (Å²) >= 11 is 0. The van der Waals surface area contributed by atoms with E-state index in [9.17, 15) is 0 Å². The van der Waals surface area contributed by atoms with Crippen LogP contribution in [0.25, 0.3) is 0 Å². The lowest BCUT2D eigenvalue weighted by atomic mass is 10.2. The second-order valence-corrected chi connectivity index (χ2v) is 4.74. The lowest BCUT2D eigenvalue weighted by molar-refractivity contribution is 0.613. The van der Waals surface area contributed by atoms with Gasteiger partial charge in [-0.3, -0.25) is 4.99 Å². The summed E-state index contributed by atoms with van der Waals surface area (Å²) in [5.74, 6) is 0.917. The maximum Gasteiger partial charge on any atom is 0.191 e. The Balaban J connectivity index is 1.79. The van der Waals surface area contributed by atoms with Crippen LogP contribution in [0.15, 0.2) is 23.5 Å². The molecule has 1 heterocycles. The summed E-state index contributed by atoms with van der Waals surface area (Å²) in [5, 5.41) is 6.83. The number of aromatic nitrogens is 1. The largest absolute Gasteiger partial charge is 0.357 e. The first-order valence-electron chi connectivity index (χ1n) is 6.36. The van der Waals surface area contributed by atoms with Gasteiger partial charge < -0.3 is 15.2 Å². The van der Waals surface area contributed by atoms with Crippen molar-refractivity contribution >= 4 is 5.96 Å². The molecule has 0 unspecified atom stereocenters. The van der Waals surface area contributed by atoms with Crippen LogP contribution < -0.4 is 10.6 Å². The molecule has 4 heteroatoms. The van der Waals surface area contributed by atoms with Crippen LogP contribution in [0.4, 0.5) is 0 Å². The first-order valence-corrected chi connectivity index (χ1v) is 6.36. The topological polar surface area (TPSA) is 41.4 Å². The van der Waals surface area contributed by atoms with Gasteiger partial charge in [-0.2, -0.15) is 0 Å². The minimum atomic E-state index is 0.608. The SMILES string of the molecule is CN=C(NCc1ccn(C)c1)NC1CCCC1. The fraction of sp³-hybridized carbons (Fsp3) is 0.615. The quantitative estimate of drug-likeness (QED) is 0.616. The number of guanidine groups is 1. The first kappa shape index (κ1) is 12.0. The van der Waals surface area contributed by atoms with Crippen molar-refractivity contribution in [2.75, 3.05) is 7.05 Å². The zero-order chi connectivity index (χ0) is 12.1. The zero-order valence-corrected chi connectivity index (χ0v) is 10.7. The van der Waals surface area contributed by atoms with Crippen LogP contribution in [-0.2, 0) is 13.6 Å². The average Bonchev–Trinajstić information content (AvgIpc) is 2.96. The van der Waals surface area contributed by atoms with Crippen LogP contribution in [0.3, 0.4) is 0 Å². The van der Waals surface area contributed by atoms with Gasteiger partial charge >= 0.3 is 0 Å². The summed E-state index contributed by atoms with van der Waals surface area (Å²) in [6.45, 7) is 0.827. The molecule has 1 saturated carbocycles. The summed E-state index contributed by atoms with van der Waals surface area (Å²) < 4.78 is 2.06. The summed E-state index contributed by atoms with van der Waals surface area (Å²) in [7, 11) is 3.87. The van der Waals surface area contributed by atoms with Crippen molar-refractivity contribution in [1.29, 1.82) is 0 Å². The highest BCUT2D eigenvalue weighted by molar-refractivity contribution is 5.79. The molecule has 0 bridgehead atoms. The Labute approximate surface area is 103 Å². The van der Waals surface area contributed by atoms with Gasteiger partial charge in [0.15, 0.2) is 5.96 Å². The predicted octanol–water partition coefficient (Wildman–Crippen LogP) is 1.63. The number of hydrogen-bond donors (Lipinski definition) is 2. The van der Waals surface area contributed by atoms with Gasteiger partial charge in [0.25, 0.3) is 0 Å².